The molecule has 0 spiro atoms. The predicted octanol–water partition coefficient (Wildman–Crippen LogP) is 4.15. The lowest BCUT2D eigenvalue weighted by atomic mass is 9.76. The van der Waals surface area contributed by atoms with Crippen LogP contribution in [0.4, 0.5) is 0 Å². The Morgan fingerprint density at radius 1 is 1.05 bits per heavy atom. The van der Waals surface area contributed by atoms with Crippen molar-refractivity contribution in [3.8, 4) is 0 Å². The average Bonchev–Trinajstić information content (AvgIpc) is 2.54. The first-order chi connectivity index (χ1) is 10.1. The van der Waals surface area contributed by atoms with Crippen LogP contribution in [-0.2, 0) is 10.2 Å². The SMILES string of the molecule is CC(C)(C(=O)N1CCCC2CCCCC21)c1ccccc1. The number of carbonyl (C=O) groups is 1. The number of likely N-dealkylation sites (tertiary alicyclic amines) is 1. The number of hydrogen-bond donors (Lipinski definition) is 0. The summed E-state index contributed by atoms with van der Waals surface area (Å²) in [4.78, 5) is 15.4. The van der Waals surface area contributed by atoms with Crippen molar-refractivity contribution in [2.24, 2.45) is 5.92 Å². The van der Waals surface area contributed by atoms with E-state index in [9.17, 15) is 4.79 Å². The predicted molar refractivity (Wildman–Crippen MR) is 86.2 cm³/mol. The van der Waals surface area contributed by atoms with E-state index < -0.39 is 5.41 Å². The standard InChI is InChI=1S/C19H27NO/c1-19(2,16-11-4-3-5-12-16)18(21)20-14-8-10-15-9-6-7-13-17(15)20/h3-5,11-12,15,17H,6-10,13-14H2,1-2H3. The molecule has 3 rings (SSSR count). The molecule has 1 heterocycles. The average molecular weight is 285 g/mol. The third-order valence-electron chi connectivity index (χ3n) is 5.53. The maximum absolute atomic E-state index is 13.2. The van der Waals surface area contributed by atoms with Gasteiger partial charge in [-0.25, -0.2) is 0 Å². The second-order valence-electron chi connectivity index (χ2n) is 7.24. The first kappa shape index (κ1) is 14.6. The maximum Gasteiger partial charge on any atom is 0.232 e. The molecular weight excluding hydrogens is 258 g/mol. The highest BCUT2D eigenvalue weighted by atomic mass is 16.2. The van der Waals surface area contributed by atoms with E-state index in [1.165, 1.54) is 38.5 Å². The van der Waals surface area contributed by atoms with Gasteiger partial charge in [0.25, 0.3) is 0 Å². The Labute approximate surface area is 128 Å². The van der Waals surface area contributed by atoms with Gasteiger partial charge in [0.15, 0.2) is 0 Å². The fraction of sp³-hybridized carbons (Fsp3) is 0.632. The molecule has 0 radical (unpaired) electrons. The Hall–Kier alpha value is -1.31. The van der Waals surface area contributed by atoms with E-state index in [0.29, 0.717) is 11.9 Å². The molecule has 114 valence electrons. The molecule has 2 unspecified atom stereocenters. The lowest BCUT2D eigenvalue weighted by Gasteiger charge is -2.46. The number of nitrogens with zero attached hydrogens (tertiary/aromatic N) is 1. The fourth-order valence-electron chi connectivity index (χ4n) is 4.21. The lowest BCUT2D eigenvalue weighted by Crippen LogP contribution is -2.54. The zero-order valence-electron chi connectivity index (χ0n) is 13.3. The van der Waals surface area contributed by atoms with E-state index in [1.807, 2.05) is 18.2 Å². The number of fused-ring (bicyclic) bond motifs is 1. The van der Waals surface area contributed by atoms with Gasteiger partial charge >= 0.3 is 0 Å². The van der Waals surface area contributed by atoms with Crippen molar-refractivity contribution in [3.63, 3.8) is 0 Å². The molecule has 1 saturated carbocycles. The molecule has 2 fully saturated rings. The minimum atomic E-state index is -0.416. The Morgan fingerprint density at radius 3 is 2.48 bits per heavy atom. The molecule has 1 aliphatic heterocycles. The quantitative estimate of drug-likeness (QED) is 0.799. The molecule has 2 heteroatoms. The Kier molecular flexibility index (Phi) is 4.05. The summed E-state index contributed by atoms with van der Waals surface area (Å²) < 4.78 is 0. The molecule has 21 heavy (non-hydrogen) atoms. The minimum absolute atomic E-state index is 0.324. The van der Waals surface area contributed by atoms with Gasteiger partial charge in [-0.3, -0.25) is 4.79 Å². The van der Waals surface area contributed by atoms with Crippen LogP contribution in [0.1, 0.15) is 57.9 Å². The van der Waals surface area contributed by atoms with Gasteiger partial charge in [0.2, 0.25) is 5.91 Å². The number of rotatable bonds is 2. The van der Waals surface area contributed by atoms with Crippen molar-refractivity contribution >= 4 is 5.91 Å². The molecular formula is C19H27NO. The molecule has 1 saturated heterocycles. The summed E-state index contributed by atoms with van der Waals surface area (Å²) in [6, 6.07) is 10.7. The molecule has 1 aliphatic carbocycles. The Morgan fingerprint density at radius 2 is 1.71 bits per heavy atom. The number of piperidine rings is 1. The zero-order valence-corrected chi connectivity index (χ0v) is 13.3. The molecule has 2 atom stereocenters. The van der Waals surface area contributed by atoms with Crippen LogP contribution >= 0.6 is 0 Å². The number of hydrogen-bond acceptors (Lipinski definition) is 1. The van der Waals surface area contributed by atoms with Crippen LogP contribution in [0, 0.1) is 5.92 Å². The molecule has 0 N–H and O–H groups in total. The van der Waals surface area contributed by atoms with Crippen molar-refractivity contribution in [1.82, 2.24) is 4.90 Å². The van der Waals surface area contributed by atoms with E-state index in [0.717, 1.165) is 18.0 Å². The van der Waals surface area contributed by atoms with Crippen LogP contribution < -0.4 is 0 Å². The van der Waals surface area contributed by atoms with Crippen LogP contribution in [-0.4, -0.2) is 23.4 Å². The third-order valence-corrected chi connectivity index (χ3v) is 5.53. The van der Waals surface area contributed by atoms with E-state index in [4.69, 9.17) is 0 Å². The van der Waals surface area contributed by atoms with E-state index in [-0.39, 0.29) is 0 Å². The highest BCUT2D eigenvalue weighted by molar-refractivity contribution is 5.87. The van der Waals surface area contributed by atoms with E-state index in [1.54, 1.807) is 0 Å². The van der Waals surface area contributed by atoms with Gasteiger partial charge in [-0.1, -0.05) is 43.2 Å². The smallest absolute Gasteiger partial charge is 0.232 e. The van der Waals surface area contributed by atoms with Gasteiger partial charge in [-0.05, 0) is 51.0 Å². The number of benzene rings is 1. The second-order valence-corrected chi connectivity index (χ2v) is 7.24. The molecule has 1 aromatic carbocycles. The molecule has 0 bridgehead atoms. The van der Waals surface area contributed by atoms with Crippen LogP contribution in [0.5, 0.6) is 0 Å². The monoisotopic (exact) mass is 285 g/mol. The second kappa shape index (κ2) is 5.82. The summed E-state index contributed by atoms with van der Waals surface area (Å²) >= 11 is 0. The summed E-state index contributed by atoms with van der Waals surface area (Å²) in [5.41, 5.74) is 0.716. The zero-order chi connectivity index (χ0) is 14.9. The summed E-state index contributed by atoms with van der Waals surface area (Å²) in [5.74, 6) is 1.08. The van der Waals surface area contributed by atoms with Crippen LogP contribution in [0.25, 0.3) is 0 Å². The maximum atomic E-state index is 13.2. The van der Waals surface area contributed by atoms with E-state index in [2.05, 4.69) is 30.9 Å². The fourth-order valence-corrected chi connectivity index (χ4v) is 4.21. The highest BCUT2D eigenvalue weighted by Crippen LogP contribution is 2.38. The lowest BCUT2D eigenvalue weighted by molar-refractivity contribution is -0.142. The molecule has 0 aromatic heterocycles. The Balaban J connectivity index is 1.83. The highest BCUT2D eigenvalue weighted by Gasteiger charge is 2.41. The van der Waals surface area contributed by atoms with Crippen molar-refractivity contribution in [1.29, 1.82) is 0 Å². The van der Waals surface area contributed by atoms with Gasteiger partial charge in [0.05, 0.1) is 5.41 Å². The number of carbonyl (C=O) groups excluding carboxylic acids is 1. The first-order valence-corrected chi connectivity index (χ1v) is 8.47. The van der Waals surface area contributed by atoms with Gasteiger partial charge in [0, 0.05) is 12.6 Å². The van der Waals surface area contributed by atoms with Crippen molar-refractivity contribution in [2.75, 3.05) is 6.54 Å². The van der Waals surface area contributed by atoms with Crippen molar-refractivity contribution in [3.05, 3.63) is 35.9 Å². The summed E-state index contributed by atoms with van der Waals surface area (Å²) in [6.07, 6.45) is 7.67. The van der Waals surface area contributed by atoms with Crippen LogP contribution in [0.15, 0.2) is 30.3 Å². The summed E-state index contributed by atoms with van der Waals surface area (Å²) in [5, 5.41) is 0. The summed E-state index contributed by atoms with van der Waals surface area (Å²) in [7, 11) is 0. The van der Waals surface area contributed by atoms with Crippen LogP contribution in [0.2, 0.25) is 0 Å². The molecule has 1 amide bonds. The normalized spacial score (nSPS) is 26.3. The Bertz CT molecular complexity index is 492. The molecule has 1 aromatic rings. The van der Waals surface area contributed by atoms with Gasteiger partial charge < -0.3 is 4.90 Å². The first-order valence-electron chi connectivity index (χ1n) is 8.47. The van der Waals surface area contributed by atoms with Crippen molar-refractivity contribution in [2.45, 2.75) is 63.8 Å². The topological polar surface area (TPSA) is 20.3 Å². The van der Waals surface area contributed by atoms with Crippen molar-refractivity contribution < 1.29 is 4.79 Å². The summed E-state index contributed by atoms with van der Waals surface area (Å²) in [6.45, 7) is 5.12. The minimum Gasteiger partial charge on any atom is -0.339 e. The van der Waals surface area contributed by atoms with E-state index >= 15 is 0 Å². The van der Waals surface area contributed by atoms with Gasteiger partial charge in [-0.15, -0.1) is 0 Å². The number of amides is 1. The molecule has 2 aliphatic rings. The third kappa shape index (κ3) is 2.73. The largest absolute Gasteiger partial charge is 0.339 e. The van der Waals surface area contributed by atoms with Crippen LogP contribution in [0.3, 0.4) is 0 Å². The van der Waals surface area contributed by atoms with Gasteiger partial charge in [0.1, 0.15) is 0 Å². The molecule has 2 nitrogen and oxygen atoms in total. The van der Waals surface area contributed by atoms with Gasteiger partial charge in [-0.2, -0.15) is 0 Å².